The lowest BCUT2D eigenvalue weighted by molar-refractivity contribution is 0.217. The Morgan fingerprint density at radius 1 is 0.595 bits per heavy atom. The summed E-state index contributed by atoms with van der Waals surface area (Å²) >= 11 is 6.21. The summed E-state index contributed by atoms with van der Waals surface area (Å²) in [7, 11) is -22.9. The Hall–Kier alpha value is -7.00. The first kappa shape index (κ1) is 59.7. The van der Waals surface area contributed by atoms with Crippen molar-refractivity contribution in [3.05, 3.63) is 95.8 Å². The van der Waals surface area contributed by atoms with Crippen LogP contribution in [0.5, 0.6) is 5.75 Å². The van der Waals surface area contributed by atoms with Gasteiger partial charge in [-0.2, -0.15) is 57.0 Å². The van der Waals surface area contributed by atoms with Gasteiger partial charge in [-0.3, -0.25) is 21.3 Å². The van der Waals surface area contributed by atoms with Gasteiger partial charge in [-0.15, -0.1) is 20.5 Å². The highest BCUT2D eigenvalue weighted by Gasteiger charge is 2.30. The number of sulfone groups is 1. The number of ether oxygens (including phenoxy) is 1. The smallest absolute Gasteiger partial charge is 0.299 e. The first-order chi connectivity index (χ1) is 37.0. The molecule has 0 spiro atoms. The SMILES string of the molecule is COCCS(=O)(=O)c1ccc(Nc2nc(Cl)nc(Nc3ccc(S(=O)(=O)OC)c(N=Nc4c(S(=O)(=O)OC)cc5cc(CS(=O)(=O)O)c(N=Nc6ccc7c(S(=O)(=O)OC)cccc7c6S(=O)(=O)OC)c(O)c5c4N)c3)n2)cc1. The molecule has 0 aliphatic heterocycles. The molecule has 6 N–H and O–H groups in total. The van der Waals surface area contributed by atoms with E-state index in [9.17, 15) is 60.2 Å². The zero-order chi connectivity index (χ0) is 58.0. The highest BCUT2D eigenvalue weighted by atomic mass is 35.5. The number of nitrogens with two attached hydrogens (primary N) is 1. The number of hydrogen-bond donors (Lipinski definition) is 5. The van der Waals surface area contributed by atoms with Crippen molar-refractivity contribution >= 4 is 145 Å². The number of azo groups is 2. The third-order valence-electron chi connectivity index (χ3n) is 11.0. The maximum absolute atomic E-state index is 13.6. The average Bonchev–Trinajstić information content (AvgIpc) is 3.47. The number of nitrogens with zero attached hydrogens (tertiary/aromatic N) is 7. The second-order valence-corrected chi connectivity index (χ2v) is 26.5. The molecule has 6 aromatic carbocycles. The molecule has 29 nitrogen and oxygen atoms in total. The molecule has 7 aromatic rings. The predicted octanol–water partition coefficient (Wildman–Crippen LogP) is 6.59. The predicted molar refractivity (Wildman–Crippen MR) is 283 cm³/mol. The van der Waals surface area contributed by atoms with Gasteiger partial charge in [0.15, 0.2) is 15.6 Å². The van der Waals surface area contributed by atoms with Crippen LogP contribution < -0.4 is 16.4 Å². The number of fused-ring (bicyclic) bond motifs is 2. The van der Waals surface area contributed by atoms with Crippen molar-refractivity contribution in [3.8, 4) is 5.75 Å². The second-order valence-electron chi connectivity index (χ2n) is 15.9. The molecule has 0 saturated heterocycles. The van der Waals surface area contributed by atoms with Crippen molar-refractivity contribution in [2.45, 2.75) is 30.2 Å². The third-order valence-corrected chi connectivity index (χ3v) is 18.9. The summed E-state index contributed by atoms with van der Waals surface area (Å²) in [5.74, 6) is -3.02. The fourth-order valence-corrected chi connectivity index (χ4v) is 12.8. The Bertz CT molecular complexity index is 4370. The van der Waals surface area contributed by atoms with Gasteiger partial charge in [-0.1, -0.05) is 18.2 Å². The summed E-state index contributed by atoms with van der Waals surface area (Å²) in [6, 6.07) is 16.3. The van der Waals surface area contributed by atoms with Crippen LogP contribution in [0.15, 0.2) is 130 Å². The second kappa shape index (κ2) is 23.0. The highest BCUT2D eigenvalue weighted by Crippen LogP contribution is 2.49. The Labute approximate surface area is 455 Å². The minimum absolute atomic E-state index is 0.00797. The van der Waals surface area contributed by atoms with Gasteiger partial charge in [0.2, 0.25) is 17.2 Å². The molecule has 0 atom stereocenters. The maximum Gasteiger partial charge on any atom is 0.299 e. The van der Waals surface area contributed by atoms with Gasteiger partial charge in [0.1, 0.15) is 48.1 Å². The normalized spacial score (nSPS) is 13.0. The fraction of sp³-hybridized carbons (Fsp3) is 0.186. The number of nitrogens with one attached hydrogen (secondary N) is 2. The number of aromatic nitrogens is 3. The number of phenolic OH excluding ortho intramolecular Hbond substituents is 1. The minimum atomic E-state index is -5.03. The average molecular weight is 1230 g/mol. The molecule has 79 heavy (non-hydrogen) atoms. The van der Waals surface area contributed by atoms with Gasteiger partial charge in [0.25, 0.3) is 50.6 Å². The number of aromatic hydroxyl groups is 1. The van der Waals surface area contributed by atoms with E-state index in [-0.39, 0.29) is 56.3 Å². The van der Waals surface area contributed by atoms with E-state index in [2.05, 4.69) is 50.2 Å². The minimum Gasteiger partial charge on any atom is -0.505 e. The summed E-state index contributed by atoms with van der Waals surface area (Å²) in [5.41, 5.74) is 2.83. The number of benzene rings is 6. The molecule has 0 bridgehead atoms. The molecule has 0 aliphatic rings. The van der Waals surface area contributed by atoms with Gasteiger partial charge < -0.3 is 26.2 Å². The molecule has 0 fully saturated rings. The first-order valence-electron chi connectivity index (χ1n) is 21.6. The monoisotopic (exact) mass is 1230 g/mol. The van der Waals surface area contributed by atoms with Crippen LogP contribution in [0.3, 0.4) is 0 Å². The van der Waals surface area contributed by atoms with Gasteiger partial charge in [0.05, 0.1) is 56.8 Å². The zero-order valence-corrected chi connectivity index (χ0v) is 46.7. The van der Waals surface area contributed by atoms with Crippen molar-refractivity contribution in [2.75, 3.05) is 64.3 Å². The molecule has 7 rings (SSSR count). The van der Waals surface area contributed by atoms with Gasteiger partial charge >= 0.3 is 0 Å². The number of methoxy groups -OCH3 is 1. The van der Waals surface area contributed by atoms with Crippen LogP contribution in [0.25, 0.3) is 21.5 Å². The molecule has 0 unspecified atom stereocenters. The van der Waals surface area contributed by atoms with Crippen LogP contribution in [0.4, 0.5) is 51.7 Å². The van der Waals surface area contributed by atoms with Crippen LogP contribution in [0.2, 0.25) is 5.28 Å². The lowest BCUT2D eigenvalue weighted by Crippen LogP contribution is -2.11. The molecule has 1 aromatic heterocycles. The summed E-state index contributed by atoms with van der Waals surface area (Å²) in [4.78, 5) is 9.59. The standard InChI is InChI=1S/C43H41ClN10O19S6/c1-69-17-18-74(56,57)27-12-9-25(10-13-27)46-42-48-41(44)49-43(50-42)47-26-11-16-33(77(63,64)71-3)31(21-26)52-54-38-34(78(65,66)72-4)20-23-19-24(22-75(58,59)60)37(39(55)35(23)36(38)45)53-51-30-15-14-28-29(40(30)79(67,68)73-5)7-6-8-32(28)76(61,62)70-2/h6-16,19-21,55H,17-18,22,45H2,1-5H3,(H,58,59,60)(H2,46,47,48,49,50). The maximum atomic E-state index is 13.6. The molecule has 1 heterocycles. The largest absolute Gasteiger partial charge is 0.505 e. The fourth-order valence-electron chi connectivity index (χ4n) is 7.38. The molecule has 0 saturated carbocycles. The summed E-state index contributed by atoms with van der Waals surface area (Å²) in [6.07, 6.45) is 0. The van der Waals surface area contributed by atoms with E-state index >= 15 is 0 Å². The molecular formula is C43H41ClN10O19S6. The van der Waals surface area contributed by atoms with Crippen molar-refractivity contribution in [2.24, 2.45) is 20.5 Å². The number of phenols is 1. The Morgan fingerprint density at radius 2 is 1.16 bits per heavy atom. The van der Waals surface area contributed by atoms with Crippen molar-refractivity contribution in [3.63, 3.8) is 0 Å². The molecule has 0 radical (unpaired) electrons. The molecule has 0 amide bonds. The van der Waals surface area contributed by atoms with Crippen LogP contribution in [-0.2, 0) is 87.6 Å². The van der Waals surface area contributed by atoms with Crippen LogP contribution in [-0.4, -0.2) is 123 Å². The quantitative estimate of drug-likeness (QED) is 0.0207. The van der Waals surface area contributed by atoms with E-state index in [0.29, 0.717) is 5.69 Å². The van der Waals surface area contributed by atoms with E-state index in [0.717, 1.165) is 70.9 Å². The Balaban J connectivity index is 1.36. The number of nitrogen functional groups attached to an aromatic ring is 1. The van der Waals surface area contributed by atoms with E-state index < -0.39 is 131 Å². The summed E-state index contributed by atoms with van der Waals surface area (Å²) in [5, 5.41) is 31.9. The molecule has 420 valence electrons. The third kappa shape index (κ3) is 13.0. The van der Waals surface area contributed by atoms with Crippen molar-refractivity contribution in [1.82, 2.24) is 15.0 Å². The molecule has 36 heteroatoms. The summed E-state index contributed by atoms with van der Waals surface area (Å²) < 4.78 is 190. The lowest BCUT2D eigenvalue weighted by atomic mass is 10.0. The number of rotatable bonds is 22. The Morgan fingerprint density at radius 3 is 1.77 bits per heavy atom. The number of hydrogen-bond acceptors (Lipinski definition) is 28. The van der Waals surface area contributed by atoms with Gasteiger partial charge in [-0.25, -0.2) is 8.42 Å². The summed E-state index contributed by atoms with van der Waals surface area (Å²) in [6.45, 7) is -0.0177. The zero-order valence-electron chi connectivity index (χ0n) is 41.1. The van der Waals surface area contributed by atoms with E-state index in [1.165, 1.54) is 49.6 Å². The van der Waals surface area contributed by atoms with Crippen LogP contribution >= 0.6 is 11.6 Å². The van der Waals surface area contributed by atoms with Gasteiger partial charge in [-0.05, 0) is 83.7 Å². The van der Waals surface area contributed by atoms with E-state index in [1.807, 2.05) is 0 Å². The molecular weight excluding hydrogens is 1190 g/mol. The van der Waals surface area contributed by atoms with Crippen molar-refractivity contribution in [1.29, 1.82) is 0 Å². The topological polar surface area (TPSA) is 430 Å². The lowest BCUT2D eigenvalue weighted by Gasteiger charge is -2.16. The van der Waals surface area contributed by atoms with Gasteiger partial charge in [0, 0.05) is 34.8 Å². The van der Waals surface area contributed by atoms with Crippen LogP contribution in [0.1, 0.15) is 5.56 Å². The molecule has 0 aliphatic carbocycles. The van der Waals surface area contributed by atoms with E-state index in [1.54, 1.807) is 0 Å². The van der Waals surface area contributed by atoms with E-state index in [4.69, 9.17) is 34.6 Å². The number of halogens is 1. The first-order valence-corrected chi connectivity index (χ1v) is 30.9. The Kier molecular flexibility index (Phi) is 17.4. The highest BCUT2D eigenvalue weighted by molar-refractivity contribution is 7.91. The van der Waals surface area contributed by atoms with Crippen molar-refractivity contribution < 1.29 is 81.6 Å². The number of anilines is 5. The van der Waals surface area contributed by atoms with Crippen LogP contribution in [0, 0.1) is 0 Å².